The highest BCUT2D eigenvalue weighted by Crippen LogP contribution is 2.34. The van der Waals surface area contributed by atoms with Gasteiger partial charge in [-0.1, -0.05) is 51.9 Å². The number of hydrogen-bond donors (Lipinski definition) is 4. The molecule has 4 rings (SSSR count). The Morgan fingerprint density at radius 2 is 1.50 bits per heavy atom. The lowest BCUT2D eigenvalue weighted by Gasteiger charge is -2.39. The molecule has 0 spiro atoms. The van der Waals surface area contributed by atoms with Crippen molar-refractivity contribution in [3.63, 3.8) is 0 Å². The van der Waals surface area contributed by atoms with Crippen molar-refractivity contribution in [3.05, 3.63) is 0 Å². The van der Waals surface area contributed by atoms with Crippen LogP contribution in [0.1, 0.15) is 105 Å². The van der Waals surface area contributed by atoms with E-state index in [0.29, 0.717) is 25.8 Å². The first kappa shape index (κ1) is 33.7. The minimum absolute atomic E-state index is 0.0457. The van der Waals surface area contributed by atoms with E-state index < -0.39 is 59.3 Å². The number of likely N-dealkylation sites (tertiary alicyclic amines) is 2. The van der Waals surface area contributed by atoms with Crippen LogP contribution >= 0.6 is 0 Å². The largest absolute Gasteiger partial charge is 0.480 e. The van der Waals surface area contributed by atoms with Crippen LogP contribution in [0.2, 0.25) is 0 Å². The van der Waals surface area contributed by atoms with Crippen molar-refractivity contribution in [2.45, 2.75) is 134 Å². The predicted octanol–water partition coefficient (Wildman–Crippen LogP) is 2.59. The number of nitrogens with zero attached hydrogens (tertiary/aromatic N) is 2. The molecule has 5 amide bonds. The highest BCUT2D eigenvalue weighted by molar-refractivity contribution is 6.39. The maximum atomic E-state index is 14.2. The molecule has 4 fully saturated rings. The van der Waals surface area contributed by atoms with Crippen LogP contribution in [0, 0.1) is 17.8 Å². The van der Waals surface area contributed by atoms with E-state index in [4.69, 9.17) is 0 Å². The number of ketones is 1. The molecule has 2 saturated carbocycles. The monoisotopic (exact) mass is 617 g/mol. The highest BCUT2D eigenvalue weighted by atomic mass is 16.4. The van der Waals surface area contributed by atoms with E-state index in [0.717, 1.165) is 56.3 Å². The zero-order chi connectivity index (χ0) is 32.2. The number of nitrogens with one attached hydrogen (secondary N) is 3. The average molecular weight is 618 g/mol. The summed E-state index contributed by atoms with van der Waals surface area (Å²) in [6.07, 6.45) is 9.28. The van der Waals surface area contributed by atoms with E-state index in [1.165, 1.54) is 0 Å². The molecule has 0 bridgehead atoms. The SMILES string of the molecule is CCC1CCN(C(=O)[C@@H](NC(=O)NC(C)(C)C)C2CCCCC2)C1C(=O)NC(CC1CCC1)C(=O)C(=O)N1CCC1C(=O)O. The summed E-state index contributed by atoms with van der Waals surface area (Å²) in [4.78, 5) is 81.9. The topological polar surface area (TPSA) is 165 Å². The summed E-state index contributed by atoms with van der Waals surface area (Å²) in [5.74, 6) is -3.61. The second-order valence-electron chi connectivity index (χ2n) is 14.3. The van der Waals surface area contributed by atoms with Crippen LogP contribution in [0.5, 0.6) is 0 Å². The molecular formula is C32H51N5O7. The fourth-order valence-electron chi connectivity index (χ4n) is 7.16. The summed E-state index contributed by atoms with van der Waals surface area (Å²) < 4.78 is 0. The predicted molar refractivity (Wildman–Crippen MR) is 162 cm³/mol. The molecule has 0 radical (unpaired) electrons. The van der Waals surface area contributed by atoms with Gasteiger partial charge in [-0.05, 0) is 70.6 Å². The van der Waals surface area contributed by atoms with Gasteiger partial charge in [0, 0.05) is 18.6 Å². The van der Waals surface area contributed by atoms with E-state index >= 15 is 0 Å². The van der Waals surface area contributed by atoms with Crippen molar-refractivity contribution in [2.75, 3.05) is 13.1 Å². The Morgan fingerprint density at radius 3 is 2.02 bits per heavy atom. The quantitative estimate of drug-likeness (QED) is 0.259. The maximum Gasteiger partial charge on any atom is 0.326 e. The zero-order valence-corrected chi connectivity index (χ0v) is 26.7. The number of carboxylic acids is 1. The molecule has 12 heteroatoms. The van der Waals surface area contributed by atoms with Crippen LogP contribution in [0.25, 0.3) is 0 Å². The van der Waals surface area contributed by atoms with Crippen molar-refractivity contribution in [2.24, 2.45) is 17.8 Å². The number of Topliss-reactive ketones (excluding diaryl/α,β-unsaturated/α-hetero) is 1. The molecule has 4 N–H and O–H groups in total. The van der Waals surface area contributed by atoms with E-state index in [1.54, 1.807) is 4.90 Å². The standard InChI is InChI=1S/C32H51N5O7/c1-5-20-14-16-37(28(40)24(21-12-7-6-8-13-21)34-31(44)35-32(2,3)4)25(20)27(39)33-22(18-19-10-9-11-19)26(38)29(41)36-17-15-23(36)30(42)43/h19-25H,5-18H2,1-4H3,(H,33,39)(H,42,43)(H2,34,35,44)/t20?,22?,23?,24-,25?/m0/s1. The van der Waals surface area contributed by atoms with Crippen LogP contribution in [-0.4, -0.2) is 93.2 Å². The number of carbonyl (C=O) groups excluding carboxylic acids is 5. The van der Waals surface area contributed by atoms with Crippen LogP contribution in [0.15, 0.2) is 0 Å². The van der Waals surface area contributed by atoms with Crippen LogP contribution in [-0.2, 0) is 24.0 Å². The Labute approximate surface area is 260 Å². The number of hydrogen-bond acceptors (Lipinski definition) is 6. The van der Waals surface area contributed by atoms with Gasteiger partial charge in [-0.2, -0.15) is 0 Å². The summed E-state index contributed by atoms with van der Waals surface area (Å²) in [6, 6.07) is -4.16. The summed E-state index contributed by atoms with van der Waals surface area (Å²) >= 11 is 0. The van der Waals surface area contributed by atoms with Crippen molar-refractivity contribution >= 4 is 35.5 Å². The summed E-state index contributed by atoms with van der Waals surface area (Å²) in [7, 11) is 0. The third kappa shape index (κ3) is 7.90. The first-order valence-corrected chi connectivity index (χ1v) is 16.6. The molecule has 0 aromatic heterocycles. The Morgan fingerprint density at radius 1 is 0.841 bits per heavy atom. The zero-order valence-electron chi connectivity index (χ0n) is 26.7. The molecule has 0 aromatic rings. The van der Waals surface area contributed by atoms with Gasteiger partial charge < -0.3 is 30.9 Å². The molecule has 246 valence electrons. The number of aliphatic carboxylic acids is 1. The lowest BCUT2D eigenvalue weighted by molar-refractivity contribution is -0.161. The van der Waals surface area contributed by atoms with Gasteiger partial charge in [-0.15, -0.1) is 0 Å². The van der Waals surface area contributed by atoms with Crippen molar-refractivity contribution in [3.8, 4) is 0 Å². The molecule has 4 unspecified atom stereocenters. The first-order chi connectivity index (χ1) is 20.8. The van der Waals surface area contributed by atoms with Gasteiger partial charge in [0.05, 0.1) is 6.04 Å². The van der Waals surface area contributed by atoms with E-state index in [9.17, 15) is 33.9 Å². The number of rotatable bonds is 11. The molecular weight excluding hydrogens is 566 g/mol. The molecule has 2 aliphatic carbocycles. The number of carbonyl (C=O) groups is 6. The Hall–Kier alpha value is -3.18. The molecule has 2 heterocycles. The lowest BCUT2D eigenvalue weighted by atomic mass is 9.79. The Balaban J connectivity index is 1.53. The van der Waals surface area contributed by atoms with Crippen LogP contribution < -0.4 is 16.0 Å². The van der Waals surface area contributed by atoms with Crippen LogP contribution in [0.3, 0.4) is 0 Å². The van der Waals surface area contributed by atoms with Gasteiger partial charge in [0.15, 0.2) is 0 Å². The van der Waals surface area contributed by atoms with Gasteiger partial charge in [-0.3, -0.25) is 19.2 Å². The number of carboxylic acid groups (broad SMARTS) is 1. The summed E-state index contributed by atoms with van der Waals surface area (Å²) in [5.41, 5.74) is -0.492. The molecule has 4 aliphatic rings. The fourth-order valence-corrected chi connectivity index (χ4v) is 7.16. The normalized spacial score (nSPS) is 25.7. The van der Waals surface area contributed by atoms with Gasteiger partial charge in [-0.25, -0.2) is 9.59 Å². The molecule has 12 nitrogen and oxygen atoms in total. The maximum absolute atomic E-state index is 14.2. The van der Waals surface area contributed by atoms with Crippen molar-refractivity contribution in [1.29, 1.82) is 0 Å². The molecule has 44 heavy (non-hydrogen) atoms. The lowest BCUT2D eigenvalue weighted by Crippen LogP contribution is -2.62. The summed E-state index contributed by atoms with van der Waals surface area (Å²) in [6.45, 7) is 8.11. The molecule has 2 aliphatic heterocycles. The van der Waals surface area contributed by atoms with E-state index in [2.05, 4.69) is 16.0 Å². The second kappa shape index (κ2) is 14.3. The highest BCUT2D eigenvalue weighted by Gasteiger charge is 2.47. The number of urea groups is 1. The van der Waals surface area contributed by atoms with Crippen LogP contribution in [0.4, 0.5) is 4.79 Å². The summed E-state index contributed by atoms with van der Waals surface area (Å²) in [5, 5.41) is 18.1. The molecule has 0 aromatic carbocycles. The average Bonchev–Trinajstić information content (AvgIpc) is 3.35. The fraction of sp³-hybridized carbons (Fsp3) is 0.812. The third-order valence-corrected chi connectivity index (χ3v) is 9.96. The van der Waals surface area contributed by atoms with Crippen molar-refractivity contribution < 1.29 is 33.9 Å². The molecule has 5 atom stereocenters. The first-order valence-electron chi connectivity index (χ1n) is 16.6. The van der Waals surface area contributed by atoms with E-state index in [1.807, 2.05) is 27.7 Å². The van der Waals surface area contributed by atoms with Gasteiger partial charge in [0.1, 0.15) is 18.1 Å². The minimum atomic E-state index is -1.15. The Bertz CT molecular complexity index is 1110. The minimum Gasteiger partial charge on any atom is -0.480 e. The smallest absolute Gasteiger partial charge is 0.326 e. The van der Waals surface area contributed by atoms with E-state index in [-0.39, 0.29) is 36.6 Å². The second-order valence-corrected chi connectivity index (χ2v) is 14.3. The van der Waals surface area contributed by atoms with Gasteiger partial charge >= 0.3 is 12.0 Å². The van der Waals surface area contributed by atoms with Gasteiger partial charge in [0.2, 0.25) is 17.6 Å². The third-order valence-electron chi connectivity index (χ3n) is 9.96. The Kier molecular flexibility index (Phi) is 10.9. The number of amides is 5. The van der Waals surface area contributed by atoms with Crippen molar-refractivity contribution in [1.82, 2.24) is 25.8 Å². The van der Waals surface area contributed by atoms with Gasteiger partial charge in [0.25, 0.3) is 5.91 Å². The molecule has 2 saturated heterocycles.